The summed E-state index contributed by atoms with van der Waals surface area (Å²) in [6.07, 6.45) is 1.15. The third-order valence-electron chi connectivity index (χ3n) is 2.39. The molecular formula is C17H34O. The molecule has 0 aliphatic rings. The van der Waals surface area contributed by atoms with Crippen LogP contribution in [-0.2, 0) is 11.2 Å². The molecule has 1 aromatic carbocycles. The molecule has 18 heavy (non-hydrogen) atoms. The number of benzene rings is 1. The van der Waals surface area contributed by atoms with Gasteiger partial charge in [0, 0.05) is 13.7 Å². The molecule has 0 amide bonds. The van der Waals surface area contributed by atoms with E-state index in [0.717, 1.165) is 13.0 Å². The molecule has 0 spiro atoms. The van der Waals surface area contributed by atoms with Crippen molar-refractivity contribution in [1.29, 1.82) is 0 Å². The first-order chi connectivity index (χ1) is 8.67. The van der Waals surface area contributed by atoms with E-state index >= 15 is 0 Å². The summed E-state index contributed by atoms with van der Waals surface area (Å²) in [4.78, 5) is 0. The van der Waals surface area contributed by atoms with Crippen LogP contribution in [0.3, 0.4) is 0 Å². The average Bonchev–Trinajstić information content (AvgIpc) is 2.46. The zero-order valence-electron chi connectivity index (χ0n) is 14.1. The molecule has 1 rings (SSSR count). The number of rotatable bonds is 2. The van der Waals surface area contributed by atoms with Gasteiger partial charge in [-0.3, -0.25) is 0 Å². The Kier molecular flexibility index (Phi) is 23.0. The Morgan fingerprint density at radius 3 is 1.67 bits per heavy atom. The van der Waals surface area contributed by atoms with E-state index in [4.69, 9.17) is 0 Å². The van der Waals surface area contributed by atoms with E-state index in [1.807, 2.05) is 34.6 Å². The molecule has 0 aromatic heterocycles. The van der Waals surface area contributed by atoms with Crippen molar-refractivity contribution in [2.45, 2.75) is 61.8 Å². The summed E-state index contributed by atoms with van der Waals surface area (Å²) in [6, 6.07) is 6.48. The van der Waals surface area contributed by atoms with Crippen molar-refractivity contribution in [2.24, 2.45) is 0 Å². The van der Waals surface area contributed by atoms with Crippen LogP contribution in [0.4, 0.5) is 0 Å². The summed E-state index contributed by atoms with van der Waals surface area (Å²) in [5.74, 6) is 0. The Morgan fingerprint density at radius 1 is 0.944 bits per heavy atom. The molecule has 0 heterocycles. The van der Waals surface area contributed by atoms with Crippen molar-refractivity contribution in [3.05, 3.63) is 34.9 Å². The van der Waals surface area contributed by atoms with Gasteiger partial charge in [0.15, 0.2) is 0 Å². The Balaban J connectivity index is -0.000000238. The minimum atomic E-state index is 0.819. The molecule has 1 heteroatoms. The van der Waals surface area contributed by atoms with E-state index in [2.05, 4.69) is 43.7 Å². The second-order valence-electron chi connectivity index (χ2n) is 3.29. The van der Waals surface area contributed by atoms with Gasteiger partial charge in [0.2, 0.25) is 0 Å². The minimum Gasteiger partial charge on any atom is -0.385 e. The summed E-state index contributed by atoms with van der Waals surface area (Å²) < 4.78 is 4.54. The SMILES string of the molecule is CC.CC.CCOC.CCc1cccc(C)c1C. The highest BCUT2D eigenvalue weighted by Crippen LogP contribution is 2.12. The molecule has 0 saturated carbocycles. The first kappa shape index (κ1) is 22.4. The average molecular weight is 254 g/mol. The molecule has 0 bridgehead atoms. The smallest absolute Gasteiger partial charge is 0.0433 e. The van der Waals surface area contributed by atoms with Crippen LogP contribution in [0.25, 0.3) is 0 Å². The number of hydrogen-bond donors (Lipinski definition) is 0. The molecule has 0 unspecified atom stereocenters. The lowest BCUT2D eigenvalue weighted by Gasteiger charge is -2.04. The highest BCUT2D eigenvalue weighted by Gasteiger charge is 1.95. The molecule has 1 nitrogen and oxygen atoms in total. The fourth-order valence-electron chi connectivity index (χ4n) is 1.19. The fraction of sp³-hybridized carbons (Fsp3) is 0.647. The van der Waals surface area contributed by atoms with Gasteiger partial charge in [-0.1, -0.05) is 52.8 Å². The molecule has 0 saturated heterocycles. The Labute approximate surface area is 116 Å². The summed E-state index contributed by atoms with van der Waals surface area (Å²) in [7, 11) is 1.68. The fourth-order valence-corrected chi connectivity index (χ4v) is 1.19. The molecule has 0 fully saturated rings. The van der Waals surface area contributed by atoms with Crippen LogP contribution >= 0.6 is 0 Å². The van der Waals surface area contributed by atoms with Crippen LogP contribution in [0.5, 0.6) is 0 Å². The second-order valence-corrected chi connectivity index (χ2v) is 3.29. The van der Waals surface area contributed by atoms with Gasteiger partial charge in [-0.05, 0) is 43.9 Å². The molecule has 0 aliphatic carbocycles. The maximum Gasteiger partial charge on any atom is 0.0433 e. The van der Waals surface area contributed by atoms with Crippen molar-refractivity contribution in [3.8, 4) is 0 Å². The van der Waals surface area contributed by atoms with Crippen LogP contribution in [0.15, 0.2) is 18.2 Å². The topological polar surface area (TPSA) is 9.23 Å². The van der Waals surface area contributed by atoms with Gasteiger partial charge in [0.05, 0.1) is 0 Å². The van der Waals surface area contributed by atoms with Crippen LogP contribution in [0.2, 0.25) is 0 Å². The first-order valence-electron chi connectivity index (χ1n) is 7.21. The zero-order valence-corrected chi connectivity index (χ0v) is 14.1. The highest BCUT2D eigenvalue weighted by atomic mass is 16.5. The lowest BCUT2D eigenvalue weighted by atomic mass is 10.0. The standard InChI is InChI=1S/C10H14.C3H8O.2C2H6/c1-4-10-7-5-6-8(2)9(10)3;1-3-4-2;2*1-2/h5-7H,4H2,1-3H3;3H2,1-2H3;2*1-2H3. The van der Waals surface area contributed by atoms with Crippen molar-refractivity contribution in [1.82, 2.24) is 0 Å². The van der Waals surface area contributed by atoms with E-state index in [0.29, 0.717) is 0 Å². The Bertz CT molecular complexity index is 252. The van der Waals surface area contributed by atoms with Crippen LogP contribution < -0.4 is 0 Å². The molecule has 1 aromatic rings. The van der Waals surface area contributed by atoms with E-state index < -0.39 is 0 Å². The van der Waals surface area contributed by atoms with Gasteiger partial charge in [0.25, 0.3) is 0 Å². The van der Waals surface area contributed by atoms with Crippen LogP contribution in [-0.4, -0.2) is 13.7 Å². The minimum absolute atomic E-state index is 0.819. The normalized spacial score (nSPS) is 7.83. The van der Waals surface area contributed by atoms with Crippen LogP contribution in [0.1, 0.15) is 58.2 Å². The largest absolute Gasteiger partial charge is 0.385 e. The summed E-state index contributed by atoms with van der Waals surface area (Å²) in [5.41, 5.74) is 4.32. The third-order valence-corrected chi connectivity index (χ3v) is 2.39. The number of ether oxygens (including phenoxy) is 1. The number of aryl methyl sites for hydroxylation is 2. The van der Waals surface area contributed by atoms with Crippen molar-refractivity contribution in [2.75, 3.05) is 13.7 Å². The molecule has 0 radical (unpaired) electrons. The van der Waals surface area contributed by atoms with Gasteiger partial charge >= 0.3 is 0 Å². The van der Waals surface area contributed by atoms with Gasteiger partial charge < -0.3 is 4.74 Å². The van der Waals surface area contributed by atoms with Crippen molar-refractivity contribution >= 4 is 0 Å². The maximum absolute atomic E-state index is 4.54. The monoisotopic (exact) mass is 254 g/mol. The zero-order chi connectivity index (χ0) is 15.0. The quantitative estimate of drug-likeness (QED) is 0.670. The summed E-state index contributed by atoms with van der Waals surface area (Å²) in [6.45, 7) is 17.3. The first-order valence-corrected chi connectivity index (χ1v) is 7.21. The van der Waals surface area contributed by atoms with E-state index in [-0.39, 0.29) is 0 Å². The van der Waals surface area contributed by atoms with Gasteiger partial charge in [-0.2, -0.15) is 0 Å². The number of hydrogen-bond acceptors (Lipinski definition) is 1. The predicted octanol–water partition coefficient (Wildman–Crippen LogP) is 5.57. The van der Waals surface area contributed by atoms with Crippen molar-refractivity contribution < 1.29 is 4.74 Å². The number of methoxy groups -OCH3 is 1. The second kappa shape index (κ2) is 18.5. The third kappa shape index (κ3) is 11.7. The molecule has 0 aliphatic heterocycles. The molecule has 0 atom stereocenters. The van der Waals surface area contributed by atoms with Crippen LogP contribution in [0, 0.1) is 13.8 Å². The Hall–Kier alpha value is -0.820. The van der Waals surface area contributed by atoms with Gasteiger partial charge in [0.1, 0.15) is 0 Å². The molecule has 108 valence electrons. The van der Waals surface area contributed by atoms with Crippen molar-refractivity contribution in [3.63, 3.8) is 0 Å². The lowest BCUT2D eigenvalue weighted by Crippen LogP contribution is -1.88. The van der Waals surface area contributed by atoms with Gasteiger partial charge in [-0.15, -0.1) is 0 Å². The van der Waals surface area contributed by atoms with E-state index in [1.54, 1.807) is 7.11 Å². The highest BCUT2D eigenvalue weighted by molar-refractivity contribution is 5.32. The Morgan fingerprint density at radius 2 is 1.39 bits per heavy atom. The predicted molar refractivity (Wildman–Crippen MR) is 85.5 cm³/mol. The van der Waals surface area contributed by atoms with E-state index in [9.17, 15) is 0 Å². The summed E-state index contributed by atoms with van der Waals surface area (Å²) in [5, 5.41) is 0. The maximum atomic E-state index is 4.54. The summed E-state index contributed by atoms with van der Waals surface area (Å²) >= 11 is 0. The lowest BCUT2D eigenvalue weighted by molar-refractivity contribution is 0.215. The van der Waals surface area contributed by atoms with Gasteiger partial charge in [-0.25, -0.2) is 0 Å². The molecule has 0 N–H and O–H groups in total. The van der Waals surface area contributed by atoms with E-state index in [1.165, 1.54) is 16.7 Å². The molecular weight excluding hydrogens is 220 g/mol.